The monoisotopic (exact) mass is 931 g/mol. The van der Waals surface area contributed by atoms with E-state index in [4.69, 9.17) is 23.7 Å². The Labute approximate surface area is 399 Å². The Morgan fingerprint density at radius 3 is 2.39 bits per heavy atom. The number of ketones is 1. The molecule has 0 aromatic heterocycles. The first-order chi connectivity index (χ1) is 31.8. The van der Waals surface area contributed by atoms with E-state index in [0.717, 1.165) is 46.8 Å². The Hall–Kier alpha value is -5.11. The normalized spacial score (nSPS) is 28.4. The van der Waals surface area contributed by atoms with Gasteiger partial charge in [0.2, 0.25) is 5.91 Å². The summed E-state index contributed by atoms with van der Waals surface area (Å²) in [7, 11) is 3.39. The number of carbonyl (C=O) groups excluding carboxylic acids is 4. The number of fused-ring (bicyclic) bond motifs is 4. The maximum atomic E-state index is 15.7. The number of hydrogen-bond donors (Lipinski definition) is 1. The number of allylic oxidation sites excluding steroid dienone is 4. The summed E-state index contributed by atoms with van der Waals surface area (Å²) in [6, 6.07) is 8.08. The Morgan fingerprint density at radius 2 is 1.67 bits per heavy atom. The van der Waals surface area contributed by atoms with E-state index in [1.807, 2.05) is 50.1 Å². The molecule has 1 N–H and O–H groups in total. The summed E-state index contributed by atoms with van der Waals surface area (Å²) < 4.78 is 34.2. The van der Waals surface area contributed by atoms with Gasteiger partial charge in [0, 0.05) is 77.7 Å². The predicted octanol–water partition coefficient (Wildman–Crippen LogP) is 9.27. The molecule has 3 aliphatic carbocycles. The van der Waals surface area contributed by atoms with Gasteiger partial charge in [0.1, 0.15) is 17.1 Å². The lowest BCUT2D eigenvalue weighted by atomic mass is 9.49. The fourth-order valence-electron chi connectivity index (χ4n) is 11.5. The van der Waals surface area contributed by atoms with Gasteiger partial charge in [-0.05, 0) is 112 Å². The topological polar surface area (TPSA) is 133 Å². The van der Waals surface area contributed by atoms with Crippen LogP contribution in [0.2, 0.25) is 0 Å². The van der Waals surface area contributed by atoms with Crippen molar-refractivity contribution in [3.05, 3.63) is 87.6 Å². The molecule has 8 aliphatic rings. The zero-order chi connectivity index (χ0) is 47.8. The number of carbonyl (C=O) groups is 4. The fraction of sp³-hybridized carbons (Fsp3) is 0.519. The van der Waals surface area contributed by atoms with Gasteiger partial charge in [0.05, 0.1) is 41.6 Å². The summed E-state index contributed by atoms with van der Waals surface area (Å²) in [5, 5.41) is 3.52. The van der Waals surface area contributed by atoms with Gasteiger partial charge in [-0.2, -0.15) is 0 Å². The van der Waals surface area contributed by atoms with Gasteiger partial charge in [0.25, 0.3) is 0 Å². The van der Waals surface area contributed by atoms with Crippen molar-refractivity contribution in [1.82, 2.24) is 9.80 Å². The second-order valence-corrected chi connectivity index (χ2v) is 21.8. The first-order valence-corrected chi connectivity index (χ1v) is 24.7. The van der Waals surface area contributed by atoms with Gasteiger partial charge in [-0.1, -0.05) is 41.5 Å². The molecule has 1 spiro atoms. The van der Waals surface area contributed by atoms with E-state index in [0.29, 0.717) is 66.2 Å². The average molecular weight is 932 g/mol. The molecule has 2 aromatic rings. The molecule has 2 aromatic carbocycles. The zero-order valence-corrected chi connectivity index (χ0v) is 41.5. The fourth-order valence-corrected chi connectivity index (χ4v) is 13.0. The molecule has 356 valence electrons. The van der Waals surface area contributed by atoms with Crippen molar-refractivity contribution in [2.75, 3.05) is 45.7 Å². The minimum atomic E-state index is -1.54. The quantitative estimate of drug-likeness (QED) is 0.0942. The highest BCUT2D eigenvalue weighted by molar-refractivity contribution is 8.00. The van der Waals surface area contributed by atoms with Crippen LogP contribution in [-0.4, -0.2) is 101 Å². The standard InChI is InChI=1S/C54H65N3O9S/c1-31(2)14-13-23-52(8)24-22-35-45(64-52)34(18-17-32(3)4)47-42(46(35)63-41(59)20-19-40(58)57-28-26-56(9)27-29-57)44-43-48(67-38-16-12-11-15-37(38)55-44)36-30-39-51(6,7)66-53(49(36)60,54(39,43)65-47)25-21-33(5)50(61)62-10/h11-12,14-17,21-22,24,36,39,48,55H,13,18-20,23,25-30H2,1-10H3/b33-21-. The van der Waals surface area contributed by atoms with Crippen molar-refractivity contribution in [3.63, 3.8) is 0 Å². The first kappa shape index (κ1) is 47.0. The number of amides is 1. The third-order valence-electron chi connectivity index (χ3n) is 15.0. The van der Waals surface area contributed by atoms with Crippen LogP contribution in [0.25, 0.3) is 11.8 Å². The molecule has 67 heavy (non-hydrogen) atoms. The third-order valence-corrected chi connectivity index (χ3v) is 16.4. The van der Waals surface area contributed by atoms with Crippen molar-refractivity contribution in [2.24, 2.45) is 11.8 Å². The number of hydrogen-bond acceptors (Lipinski definition) is 12. The van der Waals surface area contributed by atoms with Gasteiger partial charge in [-0.15, -0.1) is 11.8 Å². The van der Waals surface area contributed by atoms with Crippen LogP contribution < -0.4 is 19.5 Å². The van der Waals surface area contributed by atoms with Gasteiger partial charge < -0.3 is 38.8 Å². The molecule has 3 saturated carbocycles. The Balaban J connectivity index is 1.29. The largest absolute Gasteiger partial charge is 0.482 e. The van der Waals surface area contributed by atoms with Crippen LogP contribution in [0.4, 0.5) is 5.69 Å². The van der Waals surface area contributed by atoms with Crippen LogP contribution in [-0.2, 0) is 35.1 Å². The molecule has 2 saturated heterocycles. The van der Waals surface area contributed by atoms with Crippen molar-refractivity contribution in [3.8, 4) is 17.2 Å². The van der Waals surface area contributed by atoms with E-state index in [-0.39, 0.29) is 47.9 Å². The second kappa shape index (κ2) is 17.4. The molecule has 0 radical (unpaired) electrons. The maximum absolute atomic E-state index is 15.7. The number of ether oxygens (including phenoxy) is 5. The van der Waals surface area contributed by atoms with Crippen LogP contribution in [0.15, 0.2) is 75.8 Å². The Bertz CT molecular complexity index is 2590. The molecule has 13 heteroatoms. The van der Waals surface area contributed by atoms with Crippen molar-refractivity contribution >= 4 is 52.9 Å². The molecule has 5 fully saturated rings. The molecular weight excluding hydrogens is 867 g/mol. The summed E-state index contributed by atoms with van der Waals surface area (Å²) in [5.41, 5.74) is 2.53. The zero-order valence-electron chi connectivity index (χ0n) is 40.7. The number of benzene rings is 2. The summed E-state index contributed by atoms with van der Waals surface area (Å²) in [5.74, 6) is -0.695. The lowest BCUT2D eigenvalue weighted by Gasteiger charge is -2.60. The van der Waals surface area contributed by atoms with Gasteiger partial charge >= 0.3 is 11.9 Å². The van der Waals surface area contributed by atoms with E-state index < -0.39 is 40.3 Å². The van der Waals surface area contributed by atoms with Gasteiger partial charge in [0.15, 0.2) is 22.7 Å². The number of para-hydroxylation sites is 1. The summed E-state index contributed by atoms with van der Waals surface area (Å²) >= 11 is 1.65. The Morgan fingerprint density at radius 1 is 0.940 bits per heavy atom. The van der Waals surface area contributed by atoms with Crippen molar-refractivity contribution in [2.45, 2.75) is 133 Å². The number of methoxy groups -OCH3 is 1. The van der Waals surface area contributed by atoms with E-state index in [9.17, 15) is 14.4 Å². The molecule has 4 bridgehead atoms. The number of likely N-dealkylation sites (N-methyl/N-ethyl adjacent to an activating group) is 1. The lowest BCUT2D eigenvalue weighted by molar-refractivity contribution is -0.176. The average Bonchev–Trinajstić information content (AvgIpc) is 3.36. The Kier molecular flexibility index (Phi) is 12.2. The van der Waals surface area contributed by atoms with Crippen molar-refractivity contribution in [1.29, 1.82) is 0 Å². The van der Waals surface area contributed by atoms with Gasteiger partial charge in [-0.3, -0.25) is 14.4 Å². The van der Waals surface area contributed by atoms with Crippen LogP contribution in [0.3, 0.4) is 0 Å². The van der Waals surface area contributed by atoms with Crippen LogP contribution >= 0.6 is 11.8 Å². The maximum Gasteiger partial charge on any atom is 0.333 e. The number of piperazine rings is 1. The summed E-state index contributed by atoms with van der Waals surface area (Å²) in [4.78, 5) is 61.5. The molecule has 6 atom stereocenters. The number of esters is 2. The highest BCUT2D eigenvalue weighted by atomic mass is 32.2. The minimum Gasteiger partial charge on any atom is -0.482 e. The third kappa shape index (κ3) is 7.86. The second-order valence-electron chi connectivity index (χ2n) is 20.6. The van der Waals surface area contributed by atoms with E-state index in [1.54, 1.807) is 24.8 Å². The number of nitrogens with zero attached hydrogens (tertiary/aromatic N) is 2. The smallest absolute Gasteiger partial charge is 0.333 e. The molecule has 10 rings (SSSR count). The van der Waals surface area contributed by atoms with Crippen LogP contribution in [0.1, 0.15) is 111 Å². The molecule has 5 aliphatic heterocycles. The molecule has 5 heterocycles. The summed E-state index contributed by atoms with van der Waals surface area (Å²) in [6.45, 7) is 18.9. The van der Waals surface area contributed by atoms with Crippen molar-refractivity contribution < 1.29 is 42.9 Å². The number of thioether (sulfide) groups is 1. The molecular formula is C54H65N3O9S. The first-order valence-electron chi connectivity index (χ1n) is 23.8. The highest BCUT2D eigenvalue weighted by Gasteiger charge is 2.83. The van der Waals surface area contributed by atoms with E-state index in [1.165, 1.54) is 12.7 Å². The molecule has 12 nitrogen and oxygen atoms in total. The highest BCUT2D eigenvalue weighted by Crippen LogP contribution is 2.73. The number of rotatable bonds is 12. The molecule has 1 amide bonds. The number of anilines is 1. The van der Waals surface area contributed by atoms with Gasteiger partial charge in [-0.25, -0.2) is 4.79 Å². The number of Topliss-reactive ketones (excluding diaryl/α,β-unsaturated/α-hetero) is 1. The van der Waals surface area contributed by atoms with E-state index in [2.05, 4.69) is 69.1 Å². The lowest BCUT2D eigenvalue weighted by Crippen LogP contribution is -2.75. The SMILES string of the molecule is COC(=O)/C(C)=C\CC12OC(C)(C)C3CC(C1=O)C1Sc4ccccc4NC4=C1C32Oc1c(CC=C(C)C)c2c(c(OC(=O)CCC(=O)N3CCN(C)CC3)c14)C=CC(C)(CCC=C(C)C)O2. The molecule has 6 unspecified atom stereocenters. The van der Waals surface area contributed by atoms with Crippen LogP contribution in [0.5, 0.6) is 17.2 Å². The predicted molar refractivity (Wildman–Crippen MR) is 260 cm³/mol. The summed E-state index contributed by atoms with van der Waals surface area (Å²) in [6.07, 6.45) is 12.5. The van der Waals surface area contributed by atoms with E-state index >= 15 is 4.79 Å². The van der Waals surface area contributed by atoms with Crippen LogP contribution in [0, 0.1) is 11.8 Å². The minimum absolute atomic E-state index is 0.0111. The number of nitrogens with one attached hydrogen (secondary N) is 1.